The molecule has 0 aliphatic carbocycles. The summed E-state index contributed by atoms with van der Waals surface area (Å²) < 4.78 is 0. The first-order chi connectivity index (χ1) is 8.40. The van der Waals surface area contributed by atoms with Gasteiger partial charge in [0.15, 0.2) is 6.10 Å². The SMILES string of the molecule is CCCCCN(C(=O)NC[C@H](O)C(=O)O)C(C)C. The molecule has 3 N–H and O–H groups in total. The third-order valence-electron chi connectivity index (χ3n) is 2.62. The van der Waals surface area contributed by atoms with E-state index in [1.807, 2.05) is 13.8 Å². The van der Waals surface area contributed by atoms with Gasteiger partial charge in [0.1, 0.15) is 0 Å². The monoisotopic (exact) mass is 260 g/mol. The van der Waals surface area contributed by atoms with E-state index in [4.69, 9.17) is 10.2 Å². The number of unbranched alkanes of at least 4 members (excludes halogenated alkanes) is 2. The first-order valence-corrected chi connectivity index (χ1v) is 6.35. The number of carboxylic acid groups (broad SMARTS) is 1. The molecule has 18 heavy (non-hydrogen) atoms. The lowest BCUT2D eigenvalue weighted by molar-refractivity contribution is -0.146. The molecular formula is C12H24N2O4. The van der Waals surface area contributed by atoms with Crippen molar-refractivity contribution in [2.24, 2.45) is 0 Å². The summed E-state index contributed by atoms with van der Waals surface area (Å²) in [5.41, 5.74) is 0. The Labute approximate surface area is 108 Å². The van der Waals surface area contributed by atoms with E-state index in [2.05, 4.69) is 12.2 Å². The molecule has 0 aromatic rings. The van der Waals surface area contributed by atoms with Gasteiger partial charge in [0.2, 0.25) is 0 Å². The van der Waals surface area contributed by atoms with Crippen LogP contribution in [0, 0.1) is 0 Å². The number of hydrogen-bond donors (Lipinski definition) is 3. The van der Waals surface area contributed by atoms with E-state index in [9.17, 15) is 9.59 Å². The first-order valence-electron chi connectivity index (χ1n) is 6.35. The smallest absolute Gasteiger partial charge is 0.334 e. The fourth-order valence-electron chi connectivity index (χ4n) is 1.50. The van der Waals surface area contributed by atoms with Crippen molar-refractivity contribution in [3.63, 3.8) is 0 Å². The zero-order valence-electron chi connectivity index (χ0n) is 11.3. The fraction of sp³-hybridized carbons (Fsp3) is 0.833. The molecule has 2 amide bonds. The van der Waals surface area contributed by atoms with Crippen LogP contribution in [-0.4, -0.2) is 52.3 Å². The van der Waals surface area contributed by atoms with Gasteiger partial charge in [-0.1, -0.05) is 19.8 Å². The van der Waals surface area contributed by atoms with E-state index in [-0.39, 0.29) is 18.6 Å². The van der Waals surface area contributed by atoms with Crippen molar-refractivity contribution in [2.75, 3.05) is 13.1 Å². The topological polar surface area (TPSA) is 89.9 Å². The van der Waals surface area contributed by atoms with Crippen LogP contribution < -0.4 is 5.32 Å². The van der Waals surface area contributed by atoms with Crippen LogP contribution in [0.5, 0.6) is 0 Å². The van der Waals surface area contributed by atoms with Crippen molar-refractivity contribution >= 4 is 12.0 Å². The molecule has 0 aliphatic heterocycles. The minimum Gasteiger partial charge on any atom is -0.479 e. The third kappa shape index (κ3) is 6.44. The molecule has 0 heterocycles. The summed E-state index contributed by atoms with van der Waals surface area (Å²) in [7, 11) is 0. The lowest BCUT2D eigenvalue weighted by atomic mass is 10.2. The van der Waals surface area contributed by atoms with Crippen LogP contribution in [0.2, 0.25) is 0 Å². The summed E-state index contributed by atoms with van der Waals surface area (Å²) in [4.78, 5) is 23.9. The van der Waals surface area contributed by atoms with Crippen LogP contribution in [0.1, 0.15) is 40.0 Å². The number of nitrogens with one attached hydrogen (secondary N) is 1. The minimum atomic E-state index is -1.56. The highest BCUT2D eigenvalue weighted by atomic mass is 16.4. The Balaban J connectivity index is 4.18. The van der Waals surface area contributed by atoms with Crippen molar-refractivity contribution in [3.8, 4) is 0 Å². The molecule has 0 rings (SSSR count). The maximum Gasteiger partial charge on any atom is 0.334 e. The largest absolute Gasteiger partial charge is 0.479 e. The lowest BCUT2D eigenvalue weighted by Gasteiger charge is -2.27. The Morgan fingerprint density at radius 3 is 2.33 bits per heavy atom. The van der Waals surface area contributed by atoms with Crippen LogP contribution in [0.25, 0.3) is 0 Å². The van der Waals surface area contributed by atoms with Gasteiger partial charge >= 0.3 is 12.0 Å². The molecule has 1 atom stereocenters. The van der Waals surface area contributed by atoms with Crippen molar-refractivity contribution in [2.45, 2.75) is 52.2 Å². The van der Waals surface area contributed by atoms with Crippen LogP contribution >= 0.6 is 0 Å². The van der Waals surface area contributed by atoms with Crippen LogP contribution in [-0.2, 0) is 4.79 Å². The molecular weight excluding hydrogens is 236 g/mol. The Hall–Kier alpha value is -1.30. The molecule has 0 spiro atoms. The Morgan fingerprint density at radius 2 is 1.89 bits per heavy atom. The Morgan fingerprint density at radius 1 is 1.28 bits per heavy atom. The Bertz CT molecular complexity index is 269. The number of hydrogen-bond acceptors (Lipinski definition) is 3. The Kier molecular flexibility index (Phi) is 8.11. The lowest BCUT2D eigenvalue weighted by Crippen LogP contribution is -2.47. The number of carboxylic acids is 1. The van der Waals surface area contributed by atoms with Crippen molar-refractivity contribution < 1.29 is 19.8 Å². The number of urea groups is 1. The summed E-state index contributed by atoms with van der Waals surface area (Å²) in [6.07, 6.45) is 1.49. The highest BCUT2D eigenvalue weighted by Crippen LogP contribution is 2.03. The highest BCUT2D eigenvalue weighted by molar-refractivity contribution is 5.77. The van der Waals surface area contributed by atoms with Gasteiger partial charge in [-0.05, 0) is 20.3 Å². The molecule has 0 fully saturated rings. The first kappa shape index (κ1) is 16.7. The second-order valence-electron chi connectivity index (χ2n) is 4.53. The number of aliphatic carboxylic acids is 1. The number of amides is 2. The number of aliphatic hydroxyl groups is 1. The maximum absolute atomic E-state index is 11.8. The summed E-state index contributed by atoms with van der Waals surface area (Å²) in [5, 5.41) is 20.0. The zero-order valence-corrected chi connectivity index (χ0v) is 11.3. The van der Waals surface area contributed by atoms with E-state index in [0.29, 0.717) is 6.54 Å². The van der Waals surface area contributed by atoms with Gasteiger partial charge in [-0.3, -0.25) is 0 Å². The standard InChI is InChI=1S/C12H24N2O4/c1-4-5-6-7-14(9(2)3)12(18)13-8-10(15)11(16)17/h9-10,15H,4-8H2,1-3H3,(H,13,18)(H,16,17)/t10-/m0/s1. The van der Waals surface area contributed by atoms with Gasteiger partial charge in [-0.2, -0.15) is 0 Å². The van der Waals surface area contributed by atoms with Gasteiger partial charge in [-0.15, -0.1) is 0 Å². The van der Waals surface area contributed by atoms with E-state index in [1.54, 1.807) is 4.90 Å². The second kappa shape index (κ2) is 8.74. The molecule has 0 saturated heterocycles. The second-order valence-corrected chi connectivity index (χ2v) is 4.53. The predicted molar refractivity (Wildman–Crippen MR) is 68.4 cm³/mol. The van der Waals surface area contributed by atoms with E-state index < -0.39 is 12.1 Å². The van der Waals surface area contributed by atoms with Gasteiger partial charge in [0, 0.05) is 12.6 Å². The predicted octanol–water partition coefficient (Wildman–Crippen LogP) is 1.04. The summed E-state index contributed by atoms with van der Waals surface area (Å²) >= 11 is 0. The number of nitrogens with zero attached hydrogens (tertiary/aromatic N) is 1. The molecule has 0 aliphatic rings. The van der Waals surface area contributed by atoms with E-state index >= 15 is 0 Å². The van der Waals surface area contributed by atoms with Crippen LogP contribution in [0.15, 0.2) is 0 Å². The molecule has 0 unspecified atom stereocenters. The summed E-state index contributed by atoms with van der Waals surface area (Å²) in [6.45, 7) is 6.26. The molecule has 6 nitrogen and oxygen atoms in total. The number of carbonyl (C=O) groups excluding carboxylic acids is 1. The summed E-state index contributed by atoms with van der Waals surface area (Å²) in [5.74, 6) is -1.34. The van der Waals surface area contributed by atoms with Crippen LogP contribution in [0.3, 0.4) is 0 Å². The molecule has 106 valence electrons. The highest BCUT2D eigenvalue weighted by Gasteiger charge is 2.19. The van der Waals surface area contributed by atoms with E-state index in [0.717, 1.165) is 19.3 Å². The van der Waals surface area contributed by atoms with Gasteiger partial charge in [0.05, 0.1) is 6.54 Å². The average Bonchev–Trinajstić information content (AvgIpc) is 2.30. The number of rotatable bonds is 8. The van der Waals surface area contributed by atoms with Gasteiger partial charge in [0.25, 0.3) is 0 Å². The van der Waals surface area contributed by atoms with E-state index in [1.165, 1.54) is 0 Å². The average molecular weight is 260 g/mol. The van der Waals surface area contributed by atoms with Gasteiger partial charge < -0.3 is 20.4 Å². The van der Waals surface area contributed by atoms with Crippen molar-refractivity contribution in [3.05, 3.63) is 0 Å². The fourth-order valence-corrected chi connectivity index (χ4v) is 1.50. The molecule has 0 radical (unpaired) electrons. The molecule has 0 aromatic carbocycles. The third-order valence-corrected chi connectivity index (χ3v) is 2.62. The van der Waals surface area contributed by atoms with Gasteiger partial charge in [-0.25, -0.2) is 9.59 Å². The maximum atomic E-state index is 11.8. The quantitative estimate of drug-likeness (QED) is 0.569. The number of aliphatic hydroxyl groups excluding tert-OH is 1. The minimum absolute atomic E-state index is 0.0452. The van der Waals surface area contributed by atoms with Crippen molar-refractivity contribution in [1.29, 1.82) is 0 Å². The normalized spacial score (nSPS) is 12.3. The van der Waals surface area contributed by atoms with Crippen molar-refractivity contribution in [1.82, 2.24) is 10.2 Å². The molecule has 0 aromatic heterocycles. The molecule has 6 heteroatoms. The molecule has 0 bridgehead atoms. The van der Waals surface area contributed by atoms with Crippen LogP contribution in [0.4, 0.5) is 4.79 Å². The summed E-state index contributed by atoms with van der Waals surface area (Å²) in [6, 6.07) is -0.287. The molecule has 0 saturated carbocycles. The number of carbonyl (C=O) groups is 2. The zero-order chi connectivity index (χ0) is 14.1.